The lowest BCUT2D eigenvalue weighted by molar-refractivity contribution is 0.395. The quantitative estimate of drug-likeness (QED) is 0.391. The van der Waals surface area contributed by atoms with Crippen molar-refractivity contribution in [1.29, 1.82) is 0 Å². The third-order valence-corrected chi connectivity index (χ3v) is 6.46. The highest BCUT2D eigenvalue weighted by molar-refractivity contribution is 7.94. The topological polar surface area (TPSA) is 105 Å². The maximum Gasteiger partial charge on any atom is 0.202 e. The van der Waals surface area contributed by atoms with Gasteiger partial charge in [0.1, 0.15) is 17.3 Å². The second-order valence-electron chi connectivity index (χ2n) is 7.39. The van der Waals surface area contributed by atoms with E-state index in [1.165, 1.54) is 13.2 Å². The molecule has 0 saturated heterocycles. The Hall–Kier alpha value is -3.85. The number of fused-ring (bicyclic) bond motifs is 1. The molecular weight excluding hydrogens is 440 g/mol. The Morgan fingerprint density at radius 1 is 0.848 bits per heavy atom. The van der Waals surface area contributed by atoms with Crippen molar-refractivity contribution in [3.8, 4) is 11.5 Å². The number of methoxy groups -OCH3 is 2. The molecule has 0 aliphatic rings. The van der Waals surface area contributed by atoms with Gasteiger partial charge in [-0.3, -0.25) is 0 Å². The Bertz CT molecular complexity index is 1440. The van der Waals surface area contributed by atoms with Crippen molar-refractivity contribution < 1.29 is 17.9 Å². The SMILES string of the molecule is COc1ccc(Nc2nc3ccccc3nc2[N-]S(=O)(=O)c2ccc(C)c(C)c2)c(OC)c1. The Kier molecular flexibility index (Phi) is 6.06. The predicted molar refractivity (Wildman–Crippen MR) is 128 cm³/mol. The minimum atomic E-state index is -4.03. The number of anilines is 2. The molecule has 4 rings (SSSR count). The second kappa shape index (κ2) is 8.95. The molecule has 1 aromatic heterocycles. The van der Waals surface area contributed by atoms with Crippen molar-refractivity contribution in [1.82, 2.24) is 9.97 Å². The van der Waals surface area contributed by atoms with Gasteiger partial charge in [-0.25, -0.2) is 13.4 Å². The molecule has 0 aliphatic heterocycles. The smallest absolute Gasteiger partial charge is 0.202 e. The van der Waals surface area contributed by atoms with E-state index in [-0.39, 0.29) is 16.5 Å². The molecular formula is C24H23N4O4S-. The normalized spacial score (nSPS) is 11.3. The molecule has 3 aromatic carbocycles. The van der Waals surface area contributed by atoms with E-state index in [0.29, 0.717) is 28.2 Å². The Balaban J connectivity index is 1.79. The highest BCUT2D eigenvalue weighted by Crippen LogP contribution is 2.37. The molecule has 0 fully saturated rings. The summed E-state index contributed by atoms with van der Waals surface area (Å²) in [5.41, 5.74) is 3.53. The van der Waals surface area contributed by atoms with Gasteiger partial charge >= 0.3 is 0 Å². The minimum Gasteiger partial charge on any atom is -0.497 e. The second-order valence-corrected chi connectivity index (χ2v) is 8.99. The number of benzene rings is 3. The maximum absolute atomic E-state index is 13.1. The van der Waals surface area contributed by atoms with Gasteiger partial charge in [0.15, 0.2) is 0 Å². The standard InChI is InChI=1S/C24H23N4O4S/c1-15-9-11-18(13-16(15)2)33(29,30)28-24-23(25-19-7-5-6-8-20(19)26-24)27-21-12-10-17(31-3)14-22(21)32-4/h5-14H,1-4H3,(H-,25,26,27,28)/q-1. The molecule has 0 bridgehead atoms. The molecule has 0 spiro atoms. The molecule has 0 saturated carbocycles. The zero-order chi connectivity index (χ0) is 23.6. The largest absolute Gasteiger partial charge is 0.497 e. The number of aromatic nitrogens is 2. The van der Waals surface area contributed by atoms with Crippen molar-refractivity contribution >= 4 is 38.4 Å². The average Bonchev–Trinajstić information content (AvgIpc) is 2.81. The van der Waals surface area contributed by atoms with Crippen molar-refractivity contribution in [2.45, 2.75) is 18.7 Å². The Morgan fingerprint density at radius 2 is 1.58 bits per heavy atom. The highest BCUT2D eigenvalue weighted by Gasteiger charge is 2.15. The van der Waals surface area contributed by atoms with Crippen LogP contribution in [0.4, 0.5) is 17.3 Å². The number of ether oxygens (including phenoxy) is 2. The molecule has 1 heterocycles. The van der Waals surface area contributed by atoms with E-state index < -0.39 is 10.0 Å². The van der Waals surface area contributed by atoms with Gasteiger partial charge in [0.25, 0.3) is 0 Å². The van der Waals surface area contributed by atoms with Gasteiger partial charge in [-0.15, -0.1) is 0 Å². The lowest BCUT2D eigenvalue weighted by Crippen LogP contribution is -2.04. The number of hydrogen-bond donors (Lipinski definition) is 1. The van der Waals surface area contributed by atoms with E-state index in [1.54, 1.807) is 55.6 Å². The van der Waals surface area contributed by atoms with Gasteiger partial charge in [0.2, 0.25) is 10.0 Å². The highest BCUT2D eigenvalue weighted by atomic mass is 32.2. The van der Waals surface area contributed by atoms with E-state index in [0.717, 1.165) is 11.1 Å². The predicted octanol–water partition coefficient (Wildman–Crippen LogP) is 5.40. The van der Waals surface area contributed by atoms with Crippen LogP contribution in [-0.4, -0.2) is 32.6 Å². The minimum absolute atomic E-state index is 0.0511. The van der Waals surface area contributed by atoms with Crippen molar-refractivity contribution in [3.05, 3.63) is 76.5 Å². The summed E-state index contributed by atoms with van der Waals surface area (Å²) in [4.78, 5) is 9.15. The van der Waals surface area contributed by atoms with Crippen LogP contribution in [0.1, 0.15) is 11.1 Å². The fourth-order valence-electron chi connectivity index (χ4n) is 3.21. The molecule has 0 unspecified atom stereocenters. The zero-order valence-electron chi connectivity index (χ0n) is 18.7. The van der Waals surface area contributed by atoms with E-state index in [1.807, 2.05) is 19.9 Å². The summed E-state index contributed by atoms with van der Waals surface area (Å²) in [6, 6.07) is 17.3. The number of nitrogens with zero attached hydrogens (tertiary/aromatic N) is 3. The summed E-state index contributed by atoms with van der Waals surface area (Å²) >= 11 is 0. The molecule has 8 nitrogen and oxygen atoms in total. The summed E-state index contributed by atoms with van der Waals surface area (Å²) in [7, 11) is -0.941. The summed E-state index contributed by atoms with van der Waals surface area (Å²) in [5.74, 6) is 1.24. The van der Waals surface area contributed by atoms with Gasteiger partial charge in [-0.1, -0.05) is 24.3 Å². The van der Waals surface area contributed by atoms with E-state index >= 15 is 0 Å². The lowest BCUT2D eigenvalue weighted by Gasteiger charge is -2.22. The molecule has 1 N–H and O–H groups in total. The zero-order valence-corrected chi connectivity index (χ0v) is 19.5. The Morgan fingerprint density at radius 3 is 2.24 bits per heavy atom. The molecule has 0 amide bonds. The molecule has 170 valence electrons. The van der Waals surface area contributed by atoms with Crippen molar-refractivity contribution in [3.63, 3.8) is 0 Å². The molecule has 0 radical (unpaired) electrons. The molecule has 9 heteroatoms. The first-order valence-corrected chi connectivity index (χ1v) is 11.6. The number of rotatable bonds is 7. The first kappa shape index (κ1) is 22.3. The number of sulfonamides is 1. The third kappa shape index (κ3) is 4.68. The van der Waals surface area contributed by atoms with Crippen molar-refractivity contribution in [2.75, 3.05) is 19.5 Å². The first-order chi connectivity index (χ1) is 15.8. The van der Waals surface area contributed by atoms with Crippen LogP contribution in [0.2, 0.25) is 0 Å². The lowest BCUT2D eigenvalue weighted by atomic mass is 10.1. The molecule has 0 aliphatic carbocycles. The number of nitrogens with one attached hydrogen (secondary N) is 1. The molecule has 4 aromatic rings. The van der Waals surface area contributed by atoms with Crippen LogP contribution in [0.3, 0.4) is 0 Å². The summed E-state index contributed by atoms with van der Waals surface area (Å²) in [5, 5.41) is 3.12. The van der Waals surface area contributed by atoms with Crippen LogP contribution in [0.25, 0.3) is 15.8 Å². The van der Waals surface area contributed by atoms with Crippen molar-refractivity contribution in [2.24, 2.45) is 0 Å². The Labute approximate surface area is 192 Å². The molecule has 0 atom stereocenters. The van der Waals surface area contributed by atoms with Gasteiger partial charge in [0.05, 0.1) is 30.3 Å². The van der Waals surface area contributed by atoms with E-state index in [9.17, 15) is 8.42 Å². The van der Waals surface area contributed by atoms with Gasteiger partial charge in [-0.05, 0) is 66.6 Å². The first-order valence-electron chi connectivity index (χ1n) is 10.1. The fourth-order valence-corrected chi connectivity index (χ4v) is 4.23. The summed E-state index contributed by atoms with van der Waals surface area (Å²) in [6.45, 7) is 3.77. The monoisotopic (exact) mass is 463 g/mol. The van der Waals surface area contributed by atoms with Crippen LogP contribution >= 0.6 is 0 Å². The van der Waals surface area contributed by atoms with Crippen LogP contribution in [0.15, 0.2) is 65.6 Å². The van der Waals surface area contributed by atoms with Crippen LogP contribution in [0, 0.1) is 13.8 Å². The van der Waals surface area contributed by atoms with Crippen LogP contribution in [-0.2, 0) is 10.0 Å². The number of aryl methyl sites for hydroxylation is 2. The van der Waals surface area contributed by atoms with Crippen LogP contribution < -0.4 is 14.8 Å². The maximum atomic E-state index is 13.1. The third-order valence-electron chi connectivity index (χ3n) is 5.20. The fraction of sp³-hybridized carbons (Fsp3) is 0.167. The van der Waals surface area contributed by atoms with E-state index in [4.69, 9.17) is 9.47 Å². The summed E-state index contributed by atoms with van der Waals surface area (Å²) in [6.07, 6.45) is 0. The van der Waals surface area contributed by atoms with Gasteiger partial charge in [-0.2, -0.15) is 0 Å². The number of para-hydroxylation sites is 2. The summed E-state index contributed by atoms with van der Waals surface area (Å²) < 4.78 is 40.9. The van der Waals surface area contributed by atoms with Gasteiger partial charge in [0, 0.05) is 6.07 Å². The average molecular weight is 464 g/mol. The van der Waals surface area contributed by atoms with Crippen LogP contribution in [0.5, 0.6) is 11.5 Å². The number of hydrogen-bond acceptors (Lipinski definition) is 7. The van der Waals surface area contributed by atoms with E-state index in [2.05, 4.69) is 20.0 Å². The molecule has 33 heavy (non-hydrogen) atoms. The van der Waals surface area contributed by atoms with Gasteiger partial charge < -0.3 is 24.5 Å².